The van der Waals surface area contributed by atoms with Crippen LogP contribution in [0.5, 0.6) is 0 Å². The van der Waals surface area contributed by atoms with Crippen molar-refractivity contribution in [2.45, 2.75) is 40.5 Å². The largest absolute Gasteiger partial charge is 0.0909 e. The SMILES string of the molecule is C=C1C(CC)=C(c2ccc(C)c(C)c2)Cc2cccc(C)c21. The molecule has 0 bridgehead atoms. The molecule has 1 aliphatic carbocycles. The Morgan fingerprint density at radius 2 is 1.73 bits per heavy atom. The molecule has 0 aromatic heterocycles. The van der Waals surface area contributed by atoms with Crippen molar-refractivity contribution in [1.82, 2.24) is 0 Å². The minimum Gasteiger partial charge on any atom is -0.0909 e. The average Bonchev–Trinajstić information content (AvgIpc) is 2.49. The zero-order valence-electron chi connectivity index (χ0n) is 14.1. The van der Waals surface area contributed by atoms with Gasteiger partial charge in [0.25, 0.3) is 0 Å². The molecule has 0 spiro atoms. The highest BCUT2D eigenvalue weighted by Crippen LogP contribution is 2.41. The highest BCUT2D eigenvalue weighted by molar-refractivity contribution is 5.94. The molecule has 3 rings (SSSR count). The van der Waals surface area contributed by atoms with Crippen LogP contribution >= 0.6 is 0 Å². The van der Waals surface area contributed by atoms with E-state index in [1.165, 1.54) is 50.1 Å². The topological polar surface area (TPSA) is 0 Å². The summed E-state index contributed by atoms with van der Waals surface area (Å²) in [5.74, 6) is 0. The van der Waals surface area contributed by atoms with E-state index < -0.39 is 0 Å². The van der Waals surface area contributed by atoms with Crippen molar-refractivity contribution < 1.29 is 0 Å². The number of hydrogen-bond acceptors (Lipinski definition) is 0. The molecule has 2 aromatic rings. The third-order valence-corrected chi connectivity index (χ3v) is 4.97. The molecule has 0 unspecified atom stereocenters. The van der Waals surface area contributed by atoms with Gasteiger partial charge in [0, 0.05) is 0 Å². The van der Waals surface area contributed by atoms with Gasteiger partial charge in [-0.1, -0.05) is 49.9 Å². The van der Waals surface area contributed by atoms with Gasteiger partial charge < -0.3 is 0 Å². The quantitative estimate of drug-likeness (QED) is 0.631. The van der Waals surface area contributed by atoms with Crippen molar-refractivity contribution in [3.63, 3.8) is 0 Å². The Morgan fingerprint density at radius 3 is 2.41 bits per heavy atom. The fraction of sp³-hybridized carbons (Fsp3) is 0.273. The second kappa shape index (κ2) is 5.61. The summed E-state index contributed by atoms with van der Waals surface area (Å²) >= 11 is 0. The van der Waals surface area contributed by atoms with Crippen LogP contribution in [0.3, 0.4) is 0 Å². The van der Waals surface area contributed by atoms with Crippen LogP contribution in [-0.2, 0) is 6.42 Å². The molecule has 1 aliphatic rings. The molecule has 2 aromatic carbocycles. The van der Waals surface area contributed by atoms with E-state index in [9.17, 15) is 0 Å². The van der Waals surface area contributed by atoms with E-state index in [1.54, 1.807) is 0 Å². The van der Waals surface area contributed by atoms with Gasteiger partial charge in [-0.3, -0.25) is 0 Å². The third-order valence-electron chi connectivity index (χ3n) is 4.97. The predicted molar refractivity (Wildman–Crippen MR) is 97.0 cm³/mol. The summed E-state index contributed by atoms with van der Waals surface area (Å²) in [6, 6.07) is 13.4. The summed E-state index contributed by atoms with van der Waals surface area (Å²) in [7, 11) is 0. The number of benzene rings is 2. The molecule has 0 amide bonds. The van der Waals surface area contributed by atoms with Crippen LogP contribution in [0.1, 0.15) is 46.7 Å². The molecule has 0 aliphatic heterocycles. The van der Waals surface area contributed by atoms with Crippen LogP contribution in [0, 0.1) is 20.8 Å². The molecule has 0 heteroatoms. The van der Waals surface area contributed by atoms with Gasteiger partial charge in [-0.2, -0.15) is 0 Å². The molecule has 0 N–H and O–H groups in total. The minimum absolute atomic E-state index is 1.02. The Morgan fingerprint density at radius 1 is 0.955 bits per heavy atom. The maximum atomic E-state index is 4.43. The van der Waals surface area contributed by atoms with Crippen molar-refractivity contribution in [2.75, 3.05) is 0 Å². The molecule has 0 radical (unpaired) electrons. The first-order valence-corrected chi connectivity index (χ1v) is 8.10. The molecular formula is C22H24. The number of rotatable bonds is 2. The van der Waals surface area contributed by atoms with Crippen molar-refractivity contribution in [3.05, 3.63) is 81.9 Å². The number of hydrogen-bond donors (Lipinski definition) is 0. The van der Waals surface area contributed by atoms with E-state index in [0.717, 1.165) is 12.8 Å². The normalized spacial score (nSPS) is 14.3. The Hall–Kier alpha value is -2.08. The molecule has 0 fully saturated rings. The summed E-state index contributed by atoms with van der Waals surface area (Å²) < 4.78 is 0. The van der Waals surface area contributed by atoms with Crippen LogP contribution in [-0.4, -0.2) is 0 Å². The zero-order chi connectivity index (χ0) is 15.9. The van der Waals surface area contributed by atoms with Crippen molar-refractivity contribution in [3.8, 4) is 0 Å². The first-order valence-electron chi connectivity index (χ1n) is 8.10. The van der Waals surface area contributed by atoms with Crippen LogP contribution < -0.4 is 0 Å². The standard InChI is InChI=1S/C22H24/c1-6-20-17(5)22-15(3)8-7-9-19(22)13-21(20)18-11-10-14(2)16(4)12-18/h7-12H,5-6,13H2,1-4H3. The van der Waals surface area contributed by atoms with Crippen molar-refractivity contribution in [2.24, 2.45) is 0 Å². The monoisotopic (exact) mass is 288 g/mol. The lowest BCUT2D eigenvalue weighted by Crippen LogP contribution is -2.09. The second-order valence-electron chi connectivity index (χ2n) is 6.37. The Kier molecular flexibility index (Phi) is 3.78. The first kappa shape index (κ1) is 14.8. The molecule has 0 atom stereocenters. The van der Waals surface area contributed by atoms with E-state index >= 15 is 0 Å². The number of allylic oxidation sites excluding steroid dienone is 3. The molecule has 22 heavy (non-hydrogen) atoms. The maximum absolute atomic E-state index is 4.43. The molecular weight excluding hydrogens is 264 g/mol. The van der Waals surface area contributed by atoms with E-state index in [-0.39, 0.29) is 0 Å². The van der Waals surface area contributed by atoms with Crippen molar-refractivity contribution >= 4 is 11.1 Å². The fourth-order valence-corrected chi connectivity index (χ4v) is 3.57. The maximum Gasteiger partial charge on any atom is -0.00106 e. The lowest BCUT2D eigenvalue weighted by Gasteiger charge is -2.27. The average molecular weight is 288 g/mol. The summed E-state index contributed by atoms with van der Waals surface area (Å²) in [6.07, 6.45) is 2.05. The third kappa shape index (κ3) is 2.33. The summed E-state index contributed by atoms with van der Waals surface area (Å²) in [5, 5.41) is 0. The van der Waals surface area contributed by atoms with Gasteiger partial charge in [0.05, 0.1) is 0 Å². The summed E-state index contributed by atoms with van der Waals surface area (Å²) in [4.78, 5) is 0. The van der Waals surface area contributed by atoms with Crippen LogP contribution in [0.2, 0.25) is 0 Å². The Bertz CT molecular complexity index is 788. The van der Waals surface area contributed by atoms with Gasteiger partial charge in [0.1, 0.15) is 0 Å². The fourth-order valence-electron chi connectivity index (χ4n) is 3.57. The predicted octanol–water partition coefficient (Wildman–Crippen LogP) is 6.04. The summed E-state index contributed by atoms with van der Waals surface area (Å²) in [6.45, 7) is 13.2. The van der Waals surface area contributed by atoms with Crippen LogP contribution in [0.4, 0.5) is 0 Å². The lowest BCUT2D eigenvalue weighted by molar-refractivity contribution is 1.09. The first-order chi connectivity index (χ1) is 10.5. The van der Waals surface area contributed by atoms with Crippen LogP contribution in [0.25, 0.3) is 11.1 Å². The molecule has 0 saturated heterocycles. The van der Waals surface area contributed by atoms with Gasteiger partial charge in [-0.15, -0.1) is 0 Å². The van der Waals surface area contributed by atoms with Gasteiger partial charge in [-0.25, -0.2) is 0 Å². The number of fused-ring (bicyclic) bond motifs is 1. The summed E-state index contributed by atoms with van der Waals surface area (Å²) in [5.41, 5.74) is 12.3. The number of aryl methyl sites for hydroxylation is 3. The Labute approximate surface area is 134 Å². The van der Waals surface area contributed by atoms with E-state index in [4.69, 9.17) is 0 Å². The van der Waals surface area contributed by atoms with Crippen LogP contribution in [0.15, 0.2) is 48.6 Å². The highest BCUT2D eigenvalue weighted by atomic mass is 14.3. The van der Waals surface area contributed by atoms with Gasteiger partial charge in [0.2, 0.25) is 0 Å². The van der Waals surface area contributed by atoms with Gasteiger partial charge in [-0.05, 0) is 83.7 Å². The molecule has 0 saturated carbocycles. The highest BCUT2D eigenvalue weighted by Gasteiger charge is 2.22. The molecule has 112 valence electrons. The van der Waals surface area contributed by atoms with E-state index in [1.807, 2.05) is 0 Å². The van der Waals surface area contributed by atoms with Gasteiger partial charge >= 0.3 is 0 Å². The van der Waals surface area contributed by atoms with Crippen molar-refractivity contribution in [1.29, 1.82) is 0 Å². The van der Waals surface area contributed by atoms with E-state index in [2.05, 4.69) is 70.7 Å². The molecule has 0 nitrogen and oxygen atoms in total. The van der Waals surface area contributed by atoms with E-state index in [0.29, 0.717) is 0 Å². The Balaban J connectivity index is 2.18. The van der Waals surface area contributed by atoms with Gasteiger partial charge in [0.15, 0.2) is 0 Å². The smallest absolute Gasteiger partial charge is 0.00106 e. The minimum atomic E-state index is 1.02. The molecule has 0 heterocycles. The second-order valence-corrected chi connectivity index (χ2v) is 6.37. The lowest BCUT2D eigenvalue weighted by atomic mass is 9.77. The zero-order valence-corrected chi connectivity index (χ0v) is 14.1.